The van der Waals surface area contributed by atoms with Crippen LogP contribution in [-0.4, -0.2) is 23.1 Å². The predicted molar refractivity (Wildman–Crippen MR) is 66.3 cm³/mol. The average Bonchev–Trinajstić information content (AvgIpc) is 2.24. The highest BCUT2D eigenvalue weighted by atomic mass is 19.1. The van der Waals surface area contributed by atoms with Crippen LogP contribution in [0, 0.1) is 17.0 Å². The molecule has 0 aromatic heterocycles. The van der Waals surface area contributed by atoms with E-state index in [-0.39, 0.29) is 5.41 Å². The Morgan fingerprint density at radius 3 is 2.44 bits per heavy atom. The Hall–Kier alpha value is -1.16. The number of nitrogens with zero attached hydrogens (tertiary/aromatic N) is 1. The molecule has 0 spiro atoms. The molecule has 2 nitrogen and oxygen atoms in total. The van der Waals surface area contributed by atoms with Gasteiger partial charge < -0.3 is 5.11 Å². The number of hydrogen-bond donors (Lipinski definition) is 1. The average molecular weight is 255 g/mol. The third kappa shape index (κ3) is 2.99. The maximum absolute atomic E-state index is 13.2. The number of benzene rings is 1. The van der Waals surface area contributed by atoms with Gasteiger partial charge >= 0.3 is 0 Å². The largest absolute Gasteiger partial charge is 0.503 e. The Labute approximate surface area is 106 Å². The van der Waals surface area contributed by atoms with E-state index in [1.54, 1.807) is 0 Å². The molecule has 0 aliphatic carbocycles. The quantitative estimate of drug-likeness (QED) is 0.876. The van der Waals surface area contributed by atoms with Gasteiger partial charge in [0.15, 0.2) is 17.4 Å². The Morgan fingerprint density at radius 1 is 1.28 bits per heavy atom. The van der Waals surface area contributed by atoms with Crippen LogP contribution in [-0.2, 0) is 6.54 Å². The predicted octanol–water partition coefficient (Wildman–Crippen LogP) is 3.29. The van der Waals surface area contributed by atoms with Gasteiger partial charge in [0.1, 0.15) is 0 Å². The summed E-state index contributed by atoms with van der Waals surface area (Å²) < 4.78 is 26.5. The molecule has 0 amide bonds. The summed E-state index contributed by atoms with van der Waals surface area (Å²) in [5.41, 5.74) is 0.826. The standard InChI is InChI=1S/C14H19F2NO/c1-14(2)4-3-5-17(9-14)8-10-6-11(15)13(18)12(16)7-10/h6-7,18H,3-5,8-9H2,1-2H3. The van der Waals surface area contributed by atoms with Crippen LogP contribution in [0.1, 0.15) is 32.3 Å². The van der Waals surface area contributed by atoms with Gasteiger partial charge in [-0.1, -0.05) is 13.8 Å². The molecule has 2 rings (SSSR count). The van der Waals surface area contributed by atoms with E-state index in [9.17, 15) is 8.78 Å². The van der Waals surface area contributed by atoms with Crippen LogP contribution in [0.2, 0.25) is 0 Å². The maximum atomic E-state index is 13.2. The first-order valence-electron chi connectivity index (χ1n) is 6.27. The van der Waals surface area contributed by atoms with Crippen LogP contribution in [0.25, 0.3) is 0 Å². The van der Waals surface area contributed by atoms with Crippen LogP contribution in [0.3, 0.4) is 0 Å². The molecule has 0 radical (unpaired) electrons. The topological polar surface area (TPSA) is 23.5 Å². The van der Waals surface area contributed by atoms with E-state index in [0.29, 0.717) is 12.1 Å². The van der Waals surface area contributed by atoms with E-state index in [0.717, 1.165) is 19.5 Å². The van der Waals surface area contributed by atoms with Crippen molar-refractivity contribution < 1.29 is 13.9 Å². The zero-order chi connectivity index (χ0) is 13.3. The van der Waals surface area contributed by atoms with Crippen molar-refractivity contribution in [2.75, 3.05) is 13.1 Å². The minimum Gasteiger partial charge on any atom is -0.503 e. The van der Waals surface area contributed by atoms with Crippen molar-refractivity contribution in [3.63, 3.8) is 0 Å². The fourth-order valence-electron chi connectivity index (χ4n) is 2.65. The summed E-state index contributed by atoms with van der Waals surface area (Å²) in [5, 5.41) is 9.06. The van der Waals surface area contributed by atoms with Gasteiger partial charge in [-0.3, -0.25) is 4.90 Å². The van der Waals surface area contributed by atoms with Gasteiger partial charge in [0, 0.05) is 13.1 Å². The molecule has 100 valence electrons. The van der Waals surface area contributed by atoms with Gasteiger partial charge in [0.2, 0.25) is 0 Å². The van der Waals surface area contributed by atoms with Crippen LogP contribution in [0.4, 0.5) is 8.78 Å². The van der Waals surface area contributed by atoms with Crippen molar-refractivity contribution in [2.24, 2.45) is 5.41 Å². The number of rotatable bonds is 2. The van der Waals surface area contributed by atoms with Gasteiger partial charge in [-0.25, -0.2) is 8.78 Å². The minimum absolute atomic E-state index is 0.256. The number of likely N-dealkylation sites (tertiary alicyclic amines) is 1. The molecule has 1 saturated heterocycles. The number of phenols is 1. The molecule has 0 unspecified atom stereocenters. The highest BCUT2D eigenvalue weighted by molar-refractivity contribution is 5.30. The van der Waals surface area contributed by atoms with Crippen molar-refractivity contribution in [3.05, 3.63) is 29.3 Å². The van der Waals surface area contributed by atoms with Crippen molar-refractivity contribution in [1.82, 2.24) is 4.90 Å². The molecule has 1 fully saturated rings. The Kier molecular flexibility index (Phi) is 3.57. The Morgan fingerprint density at radius 2 is 1.89 bits per heavy atom. The summed E-state index contributed by atoms with van der Waals surface area (Å²) >= 11 is 0. The lowest BCUT2D eigenvalue weighted by atomic mass is 9.84. The molecule has 0 saturated carbocycles. The van der Waals surface area contributed by atoms with Crippen molar-refractivity contribution in [3.8, 4) is 5.75 Å². The SMILES string of the molecule is CC1(C)CCCN(Cc2cc(F)c(O)c(F)c2)C1. The van der Waals surface area contributed by atoms with Gasteiger partial charge in [-0.2, -0.15) is 0 Å². The fraction of sp³-hybridized carbons (Fsp3) is 0.571. The smallest absolute Gasteiger partial charge is 0.187 e. The highest BCUT2D eigenvalue weighted by Gasteiger charge is 2.26. The molecule has 1 N–H and O–H groups in total. The van der Waals surface area contributed by atoms with Crippen LogP contribution in [0.5, 0.6) is 5.75 Å². The zero-order valence-electron chi connectivity index (χ0n) is 10.8. The van der Waals surface area contributed by atoms with E-state index in [1.165, 1.54) is 18.6 Å². The number of aromatic hydroxyl groups is 1. The summed E-state index contributed by atoms with van der Waals surface area (Å²) in [4.78, 5) is 2.20. The minimum atomic E-state index is -0.891. The first-order chi connectivity index (χ1) is 8.37. The molecular formula is C14H19F2NO. The van der Waals surface area contributed by atoms with Gasteiger partial charge in [0.05, 0.1) is 0 Å². The van der Waals surface area contributed by atoms with Crippen LogP contribution >= 0.6 is 0 Å². The Balaban J connectivity index is 2.10. The number of halogens is 2. The molecule has 0 atom stereocenters. The Bertz CT molecular complexity index is 422. The van der Waals surface area contributed by atoms with E-state index < -0.39 is 17.4 Å². The fourth-order valence-corrected chi connectivity index (χ4v) is 2.65. The van der Waals surface area contributed by atoms with Crippen molar-refractivity contribution in [1.29, 1.82) is 0 Å². The van der Waals surface area contributed by atoms with Gasteiger partial charge in [-0.05, 0) is 42.5 Å². The van der Waals surface area contributed by atoms with Crippen molar-refractivity contribution >= 4 is 0 Å². The number of hydrogen-bond acceptors (Lipinski definition) is 2. The molecule has 18 heavy (non-hydrogen) atoms. The van der Waals surface area contributed by atoms with Gasteiger partial charge in [0.25, 0.3) is 0 Å². The van der Waals surface area contributed by atoms with E-state index >= 15 is 0 Å². The number of piperidine rings is 1. The molecule has 0 bridgehead atoms. The molecular weight excluding hydrogens is 236 g/mol. The summed E-state index contributed by atoms with van der Waals surface area (Å²) in [5.74, 6) is -2.67. The summed E-state index contributed by atoms with van der Waals surface area (Å²) in [6.07, 6.45) is 2.29. The summed E-state index contributed by atoms with van der Waals surface area (Å²) in [7, 11) is 0. The first kappa shape index (κ1) is 13.3. The third-order valence-electron chi connectivity index (χ3n) is 3.46. The lowest BCUT2D eigenvalue weighted by molar-refractivity contribution is 0.111. The van der Waals surface area contributed by atoms with Gasteiger partial charge in [-0.15, -0.1) is 0 Å². The lowest BCUT2D eigenvalue weighted by Gasteiger charge is -2.38. The zero-order valence-corrected chi connectivity index (χ0v) is 10.8. The summed E-state index contributed by atoms with van der Waals surface area (Å²) in [6.45, 7) is 6.82. The monoisotopic (exact) mass is 255 g/mol. The highest BCUT2D eigenvalue weighted by Crippen LogP contribution is 2.30. The van der Waals surface area contributed by atoms with Crippen molar-refractivity contribution in [2.45, 2.75) is 33.2 Å². The second-order valence-electron chi connectivity index (χ2n) is 5.89. The van der Waals surface area contributed by atoms with E-state index in [4.69, 9.17) is 5.11 Å². The summed E-state index contributed by atoms with van der Waals surface area (Å²) in [6, 6.07) is 2.42. The second-order valence-corrected chi connectivity index (χ2v) is 5.89. The second kappa shape index (κ2) is 4.84. The van der Waals surface area contributed by atoms with Crippen LogP contribution in [0.15, 0.2) is 12.1 Å². The molecule has 1 aromatic carbocycles. The van der Waals surface area contributed by atoms with Crippen LogP contribution < -0.4 is 0 Å². The number of phenolic OH excluding ortho intramolecular Hbond substituents is 1. The van der Waals surface area contributed by atoms with E-state index in [2.05, 4.69) is 18.7 Å². The molecule has 1 aliphatic heterocycles. The lowest BCUT2D eigenvalue weighted by Crippen LogP contribution is -2.39. The molecule has 1 heterocycles. The third-order valence-corrected chi connectivity index (χ3v) is 3.46. The first-order valence-corrected chi connectivity index (χ1v) is 6.27. The maximum Gasteiger partial charge on any atom is 0.187 e. The van der Waals surface area contributed by atoms with E-state index in [1.807, 2.05) is 0 Å². The molecule has 4 heteroatoms. The molecule has 1 aromatic rings. The molecule has 1 aliphatic rings. The normalized spacial score (nSPS) is 20.0.